The van der Waals surface area contributed by atoms with Gasteiger partial charge in [0.15, 0.2) is 0 Å². The predicted octanol–water partition coefficient (Wildman–Crippen LogP) is 4.06. The van der Waals surface area contributed by atoms with Crippen LogP contribution in [0, 0.1) is 0 Å². The molecule has 0 aliphatic rings. The number of benzene rings is 2. The molecule has 2 rings (SSSR count). The normalized spacial score (nSPS) is 11.7. The number of aryl methyl sites for hydroxylation is 2. The number of carbonyl (C=O) groups is 1. The van der Waals surface area contributed by atoms with Crippen molar-refractivity contribution in [2.24, 2.45) is 0 Å². The van der Waals surface area contributed by atoms with Crippen molar-refractivity contribution in [2.45, 2.75) is 38.6 Å². The Bertz CT molecular complexity index is 652. The molecule has 0 fully saturated rings. The SMILES string of the molecule is C=CCC(CCc1ccccc1)NNC(=O)c1ccccc1CC. The van der Waals surface area contributed by atoms with Crippen LogP contribution in [0.2, 0.25) is 0 Å². The van der Waals surface area contributed by atoms with Crippen LogP contribution in [0.1, 0.15) is 41.3 Å². The summed E-state index contributed by atoms with van der Waals surface area (Å²) in [5.74, 6) is -0.0822. The highest BCUT2D eigenvalue weighted by molar-refractivity contribution is 5.95. The average molecular weight is 322 g/mol. The number of nitrogens with one attached hydrogen (secondary N) is 2. The first-order valence-electron chi connectivity index (χ1n) is 8.53. The molecule has 126 valence electrons. The highest BCUT2D eigenvalue weighted by atomic mass is 16.2. The van der Waals surface area contributed by atoms with Crippen LogP contribution in [0.3, 0.4) is 0 Å². The summed E-state index contributed by atoms with van der Waals surface area (Å²) in [6.45, 7) is 5.87. The van der Waals surface area contributed by atoms with E-state index >= 15 is 0 Å². The minimum absolute atomic E-state index is 0.0822. The summed E-state index contributed by atoms with van der Waals surface area (Å²) in [7, 11) is 0. The lowest BCUT2D eigenvalue weighted by molar-refractivity contribution is 0.0923. The molecule has 1 amide bonds. The van der Waals surface area contributed by atoms with E-state index in [0.717, 1.165) is 36.8 Å². The molecule has 0 saturated carbocycles. The van der Waals surface area contributed by atoms with Gasteiger partial charge in [0.05, 0.1) is 0 Å². The zero-order valence-electron chi connectivity index (χ0n) is 14.3. The number of carbonyl (C=O) groups excluding carboxylic acids is 1. The molecule has 2 aromatic rings. The first kappa shape index (κ1) is 18.0. The standard InChI is InChI=1S/C21H26N2O/c1-3-10-19(16-15-17-11-6-5-7-12-17)22-23-21(24)20-14-9-8-13-18(20)4-2/h3,5-9,11-14,19,22H,1,4,10,15-16H2,2H3,(H,23,24). The van der Waals surface area contributed by atoms with Gasteiger partial charge in [-0.2, -0.15) is 0 Å². The van der Waals surface area contributed by atoms with Crippen LogP contribution in [-0.4, -0.2) is 11.9 Å². The lowest BCUT2D eigenvalue weighted by Crippen LogP contribution is -2.44. The lowest BCUT2D eigenvalue weighted by atomic mass is 10.0. The second kappa shape index (κ2) is 9.68. The Morgan fingerprint density at radius 3 is 2.54 bits per heavy atom. The molecule has 2 N–H and O–H groups in total. The first-order chi connectivity index (χ1) is 11.7. The third kappa shape index (κ3) is 5.36. The van der Waals surface area contributed by atoms with Crippen LogP contribution in [0.15, 0.2) is 67.3 Å². The van der Waals surface area contributed by atoms with Gasteiger partial charge in [0.1, 0.15) is 0 Å². The topological polar surface area (TPSA) is 41.1 Å². The lowest BCUT2D eigenvalue weighted by Gasteiger charge is -2.18. The van der Waals surface area contributed by atoms with Crippen molar-refractivity contribution in [3.63, 3.8) is 0 Å². The zero-order valence-corrected chi connectivity index (χ0v) is 14.3. The van der Waals surface area contributed by atoms with E-state index in [1.807, 2.05) is 36.4 Å². The first-order valence-corrected chi connectivity index (χ1v) is 8.53. The van der Waals surface area contributed by atoms with Crippen LogP contribution in [0.5, 0.6) is 0 Å². The Morgan fingerprint density at radius 1 is 1.12 bits per heavy atom. The van der Waals surface area contributed by atoms with E-state index in [4.69, 9.17) is 0 Å². The van der Waals surface area contributed by atoms with Gasteiger partial charge in [0.2, 0.25) is 0 Å². The highest BCUT2D eigenvalue weighted by Gasteiger charge is 2.12. The van der Waals surface area contributed by atoms with Crippen LogP contribution in [0.4, 0.5) is 0 Å². The molecule has 0 aliphatic carbocycles. The van der Waals surface area contributed by atoms with Crippen molar-refractivity contribution in [1.82, 2.24) is 10.9 Å². The maximum atomic E-state index is 12.4. The van der Waals surface area contributed by atoms with E-state index in [1.54, 1.807) is 0 Å². The van der Waals surface area contributed by atoms with Crippen LogP contribution >= 0.6 is 0 Å². The Hall–Kier alpha value is -2.39. The van der Waals surface area contributed by atoms with Gasteiger partial charge >= 0.3 is 0 Å². The smallest absolute Gasteiger partial charge is 0.265 e. The minimum Gasteiger partial charge on any atom is -0.287 e. The number of rotatable bonds is 9. The van der Waals surface area contributed by atoms with Gasteiger partial charge in [-0.15, -0.1) is 6.58 Å². The Kier molecular flexibility index (Phi) is 7.24. The van der Waals surface area contributed by atoms with Gasteiger partial charge in [-0.1, -0.05) is 61.5 Å². The Balaban J connectivity index is 1.90. The van der Waals surface area contributed by atoms with Gasteiger partial charge in [-0.25, -0.2) is 5.43 Å². The maximum absolute atomic E-state index is 12.4. The van der Waals surface area contributed by atoms with Gasteiger partial charge in [0.25, 0.3) is 5.91 Å². The van der Waals surface area contributed by atoms with Gasteiger partial charge < -0.3 is 0 Å². The Labute approximate surface area is 144 Å². The minimum atomic E-state index is -0.0822. The Morgan fingerprint density at radius 2 is 1.83 bits per heavy atom. The molecule has 0 heterocycles. The number of hydrazine groups is 1. The monoisotopic (exact) mass is 322 g/mol. The van der Waals surface area contributed by atoms with Gasteiger partial charge in [0, 0.05) is 11.6 Å². The molecule has 2 aromatic carbocycles. The summed E-state index contributed by atoms with van der Waals surface area (Å²) in [4.78, 5) is 12.4. The number of hydrogen-bond donors (Lipinski definition) is 2. The molecule has 1 unspecified atom stereocenters. The maximum Gasteiger partial charge on any atom is 0.265 e. The van der Waals surface area contributed by atoms with Crippen molar-refractivity contribution in [1.29, 1.82) is 0 Å². The summed E-state index contributed by atoms with van der Waals surface area (Å²) in [5.41, 5.74) is 9.12. The van der Waals surface area contributed by atoms with Crippen LogP contribution < -0.4 is 10.9 Å². The molecule has 3 heteroatoms. The summed E-state index contributed by atoms with van der Waals surface area (Å²) in [6, 6.07) is 18.3. The second-order valence-electron chi connectivity index (χ2n) is 5.85. The second-order valence-corrected chi connectivity index (χ2v) is 5.85. The molecule has 0 radical (unpaired) electrons. The van der Waals surface area contributed by atoms with Crippen molar-refractivity contribution >= 4 is 5.91 Å². The molecular weight excluding hydrogens is 296 g/mol. The van der Waals surface area contributed by atoms with Crippen molar-refractivity contribution < 1.29 is 4.79 Å². The summed E-state index contributed by atoms with van der Waals surface area (Å²) >= 11 is 0. The molecule has 3 nitrogen and oxygen atoms in total. The summed E-state index contributed by atoms with van der Waals surface area (Å²) in [5, 5.41) is 0. The zero-order chi connectivity index (χ0) is 17.2. The number of hydrogen-bond acceptors (Lipinski definition) is 2. The molecule has 0 aromatic heterocycles. The third-order valence-corrected chi connectivity index (χ3v) is 4.11. The quantitative estimate of drug-likeness (QED) is 0.540. The van der Waals surface area contributed by atoms with Crippen LogP contribution in [-0.2, 0) is 12.8 Å². The van der Waals surface area contributed by atoms with Crippen molar-refractivity contribution in [3.05, 3.63) is 83.9 Å². The molecule has 1 atom stereocenters. The van der Waals surface area contributed by atoms with Crippen molar-refractivity contribution in [3.8, 4) is 0 Å². The van der Waals surface area contributed by atoms with E-state index in [0.29, 0.717) is 0 Å². The molecule has 0 bridgehead atoms. The predicted molar refractivity (Wildman–Crippen MR) is 99.8 cm³/mol. The molecule has 0 spiro atoms. The fourth-order valence-electron chi connectivity index (χ4n) is 2.72. The molecule has 24 heavy (non-hydrogen) atoms. The van der Waals surface area contributed by atoms with E-state index in [1.165, 1.54) is 5.56 Å². The number of amides is 1. The highest BCUT2D eigenvalue weighted by Crippen LogP contribution is 2.10. The fourth-order valence-corrected chi connectivity index (χ4v) is 2.72. The van der Waals surface area contributed by atoms with Crippen LogP contribution in [0.25, 0.3) is 0 Å². The summed E-state index contributed by atoms with van der Waals surface area (Å²) in [6.07, 6.45) is 5.44. The fraction of sp³-hybridized carbons (Fsp3) is 0.286. The van der Waals surface area contributed by atoms with E-state index in [9.17, 15) is 4.79 Å². The molecule has 0 aliphatic heterocycles. The van der Waals surface area contributed by atoms with Gasteiger partial charge in [-0.05, 0) is 42.9 Å². The van der Waals surface area contributed by atoms with E-state index in [2.05, 4.69) is 48.6 Å². The molecule has 0 saturated heterocycles. The van der Waals surface area contributed by atoms with Gasteiger partial charge in [-0.3, -0.25) is 10.2 Å². The third-order valence-electron chi connectivity index (χ3n) is 4.11. The van der Waals surface area contributed by atoms with E-state index in [-0.39, 0.29) is 11.9 Å². The summed E-state index contributed by atoms with van der Waals surface area (Å²) < 4.78 is 0. The average Bonchev–Trinajstić information content (AvgIpc) is 2.64. The van der Waals surface area contributed by atoms with Crippen molar-refractivity contribution in [2.75, 3.05) is 0 Å². The molecular formula is C21H26N2O. The van der Waals surface area contributed by atoms with E-state index < -0.39 is 0 Å². The largest absolute Gasteiger partial charge is 0.287 e.